The summed E-state index contributed by atoms with van der Waals surface area (Å²) in [5, 5.41) is 3.53. The van der Waals surface area contributed by atoms with Crippen LogP contribution >= 0.6 is 0 Å². The molecule has 5 rings (SSSR count). The Morgan fingerprint density at radius 2 is 1.97 bits per heavy atom. The van der Waals surface area contributed by atoms with E-state index in [0.29, 0.717) is 23.8 Å². The molecule has 0 saturated heterocycles. The second-order valence-electron chi connectivity index (χ2n) is 8.13. The summed E-state index contributed by atoms with van der Waals surface area (Å²) in [5.41, 5.74) is 10.6. The van der Waals surface area contributed by atoms with Crippen molar-refractivity contribution in [2.24, 2.45) is 5.73 Å². The molecule has 1 amide bonds. The van der Waals surface area contributed by atoms with Crippen molar-refractivity contribution in [1.82, 2.24) is 24.3 Å². The van der Waals surface area contributed by atoms with E-state index in [1.54, 1.807) is 22.9 Å². The maximum Gasteiger partial charge on any atom is 0.265 e. The minimum Gasteiger partial charge on any atom is -0.366 e. The fraction of sp³-hybridized carbons (Fsp3) is 0.250. The molecule has 0 saturated carbocycles. The summed E-state index contributed by atoms with van der Waals surface area (Å²) in [4.78, 5) is 28.5. The molecular formula is C24H25N7O. The number of anilines is 1. The molecule has 3 N–H and O–H groups in total. The van der Waals surface area contributed by atoms with Gasteiger partial charge in [0.1, 0.15) is 23.5 Å². The smallest absolute Gasteiger partial charge is 0.265 e. The van der Waals surface area contributed by atoms with Gasteiger partial charge in [0.05, 0.1) is 11.2 Å². The minimum atomic E-state index is -0.505. The number of primary amides is 1. The number of fused-ring (bicyclic) bond motifs is 2. The van der Waals surface area contributed by atoms with E-state index in [9.17, 15) is 4.79 Å². The van der Waals surface area contributed by atoms with Gasteiger partial charge in [0.25, 0.3) is 5.91 Å². The second-order valence-corrected chi connectivity index (χ2v) is 8.13. The second kappa shape index (κ2) is 8.39. The first kappa shape index (κ1) is 20.1. The normalized spacial score (nSPS) is 14.2. The number of amides is 1. The molecule has 1 aromatic carbocycles. The monoisotopic (exact) mass is 427 g/mol. The van der Waals surface area contributed by atoms with Gasteiger partial charge in [0.15, 0.2) is 5.82 Å². The van der Waals surface area contributed by atoms with Crippen LogP contribution in [0.3, 0.4) is 0 Å². The first-order valence-electron chi connectivity index (χ1n) is 10.7. The van der Waals surface area contributed by atoms with Crippen LogP contribution in [0, 0.1) is 0 Å². The zero-order valence-electron chi connectivity index (χ0n) is 18.0. The van der Waals surface area contributed by atoms with Crippen molar-refractivity contribution in [3.8, 4) is 11.5 Å². The third-order valence-electron chi connectivity index (χ3n) is 5.82. The highest BCUT2D eigenvalue weighted by Gasteiger charge is 2.22. The van der Waals surface area contributed by atoms with Gasteiger partial charge in [-0.05, 0) is 44.1 Å². The predicted molar refractivity (Wildman–Crippen MR) is 123 cm³/mol. The highest BCUT2D eigenvalue weighted by molar-refractivity contribution is 5.92. The zero-order valence-corrected chi connectivity index (χ0v) is 18.0. The molecule has 0 atom stereocenters. The summed E-state index contributed by atoms with van der Waals surface area (Å²) in [5.74, 6) is 0.879. The lowest BCUT2D eigenvalue weighted by molar-refractivity contribution is 0.0994. The number of aromatic nitrogens is 4. The van der Waals surface area contributed by atoms with Crippen molar-refractivity contribution in [2.75, 3.05) is 18.9 Å². The van der Waals surface area contributed by atoms with Crippen LogP contribution in [0.2, 0.25) is 0 Å². The number of rotatable bonds is 5. The van der Waals surface area contributed by atoms with E-state index in [4.69, 9.17) is 15.7 Å². The van der Waals surface area contributed by atoms with Crippen molar-refractivity contribution in [2.45, 2.75) is 25.9 Å². The molecule has 3 aromatic heterocycles. The molecule has 32 heavy (non-hydrogen) atoms. The van der Waals surface area contributed by atoms with Crippen LogP contribution in [0.5, 0.6) is 0 Å². The Balaban J connectivity index is 1.61. The zero-order chi connectivity index (χ0) is 22.1. The van der Waals surface area contributed by atoms with E-state index >= 15 is 0 Å². The lowest BCUT2D eigenvalue weighted by Gasteiger charge is -2.16. The van der Waals surface area contributed by atoms with Crippen molar-refractivity contribution in [3.05, 3.63) is 77.4 Å². The van der Waals surface area contributed by atoms with E-state index in [0.717, 1.165) is 48.5 Å². The number of pyridine rings is 1. The van der Waals surface area contributed by atoms with Gasteiger partial charge in [0.2, 0.25) is 0 Å². The highest BCUT2D eigenvalue weighted by atomic mass is 16.1. The maximum absolute atomic E-state index is 11.8. The lowest BCUT2D eigenvalue weighted by Crippen LogP contribution is -2.18. The molecule has 1 aliphatic heterocycles. The standard InChI is InChI=1S/C24H25N7O/c1-30-12-6-9-17-18(14-30)28-24(29-23(17)26-13-16-7-3-2-4-8-16)21-19-10-5-11-20(22(25)32)31(19)15-27-21/h2-5,7-8,10-11,15H,6,9,12-14H2,1H3,(H2,25,32)(H,26,28,29). The van der Waals surface area contributed by atoms with E-state index in [1.807, 2.05) is 24.3 Å². The molecule has 8 nitrogen and oxygen atoms in total. The van der Waals surface area contributed by atoms with Crippen LogP contribution in [0.1, 0.15) is 33.7 Å². The Labute approximate surface area is 186 Å². The third-order valence-corrected chi connectivity index (χ3v) is 5.82. The number of imidazole rings is 1. The van der Waals surface area contributed by atoms with Gasteiger partial charge in [-0.1, -0.05) is 36.4 Å². The first-order chi connectivity index (χ1) is 15.6. The minimum absolute atomic E-state index is 0.373. The fourth-order valence-corrected chi connectivity index (χ4v) is 4.21. The topological polar surface area (TPSA) is 101 Å². The largest absolute Gasteiger partial charge is 0.366 e. The van der Waals surface area contributed by atoms with Gasteiger partial charge in [0, 0.05) is 18.7 Å². The molecular weight excluding hydrogens is 402 g/mol. The van der Waals surface area contributed by atoms with E-state index < -0.39 is 5.91 Å². The van der Waals surface area contributed by atoms with Crippen molar-refractivity contribution >= 4 is 17.2 Å². The molecule has 0 radical (unpaired) electrons. The first-order valence-corrected chi connectivity index (χ1v) is 10.7. The molecule has 162 valence electrons. The number of nitrogens with zero attached hydrogens (tertiary/aromatic N) is 5. The SMILES string of the molecule is CN1CCCc2c(nc(-c3ncn4c(C(N)=O)cccc34)nc2NCc2ccccc2)C1. The summed E-state index contributed by atoms with van der Waals surface area (Å²) in [6.07, 6.45) is 3.58. The summed E-state index contributed by atoms with van der Waals surface area (Å²) in [6.45, 7) is 2.44. The number of hydrogen-bond acceptors (Lipinski definition) is 6. The average Bonchev–Trinajstić information content (AvgIpc) is 3.14. The molecule has 0 spiro atoms. The maximum atomic E-state index is 11.8. The predicted octanol–water partition coefficient (Wildman–Crippen LogP) is 2.88. The molecule has 4 heterocycles. The number of hydrogen-bond donors (Lipinski definition) is 2. The van der Waals surface area contributed by atoms with Crippen LogP contribution in [0.15, 0.2) is 54.9 Å². The quantitative estimate of drug-likeness (QED) is 0.508. The highest BCUT2D eigenvalue weighted by Crippen LogP contribution is 2.28. The Morgan fingerprint density at radius 1 is 1.12 bits per heavy atom. The van der Waals surface area contributed by atoms with E-state index in [1.165, 1.54) is 5.56 Å². The van der Waals surface area contributed by atoms with Gasteiger partial charge in [-0.15, -0.1) is 0 Å². The summed E-state index contributed by atoms with van der Waals surface area (Å²) >= 11 is 0. The van der Waals surface area contributed by atoms with E-state index in [-0.39, 0.29) is 0 Å². The van der Waals surface area contributed by atoms with Crippen LogP contribution in [-0.2, 0) is 19.5 Å². The molecule has 4 aromatic rings. The number of carbonyl (C=O) groups excluding carboxylic acids is 1. The molecule has 0 fully saturated rings. The summed E-state index contributed by atoms with van der Waals surface area (Å²) in [7, 11) is 2.11. The molecule has 0 bridgehead atoms. The van der Waals surface area contributed by atoms with Gasteiger partial charge in [-0.3, -0.25) is 9.20 Å². The Morgan fingerprint density at radius 3 is 2.78 bits per heavy atom. The average molecular weight is 428 g/mol. The third kappa shape index (κ3) is 3.80. The Hall–Kier alpha value is -3.78. The Bertz CT molecular complexity index is 1280. The number of carbonyl (C=O) groups is 1. The molecule has 8 heteroatoms. The van der Waals surface area contributed by atoms with Gasteiger partial charge in [-0.2, -0.15) is 0 Å². The lowest BCUT2D eigenvalue weighted by atomic mass is 10.1. The van der Waals surface area contributed by atoms with Gasteiger partial charge < -0.3 is 16.0 Å². The van der Waals surface area contributed by atoms with Crippen LogP contribution in [0.25, 0.3) is 17.0 Å². The fourth-order valence-electron chi connectivity index (χ4n) is 4.21. The van der Waals surface area contributed by atoms with Gasteiger partial charge in [-0.25, -0.2) is 15.0 Å². The number of nitrogens with one attached hydrogen (secondary N) is 1. The number of nitrogens with two attached hydrogens (primary N) is 1. The van der Waals surface area contributed by atoms with Gasteiger partial charge >= 0.3 is 0 Å². The Kier molecular flexibility index (Phi) is 5.28. The summed E-state index contributed by atoms with van der Waals surface area (Å²) < 4.78 is 1.69. The summed E-state index contributed by atoms with van der Waals surface area (Å²) in [6, 6.07) is 15.6. The van der Waals surface area contributed by atoms with Crippen LogP contribution in [0.4, 0.5) is 5.82 Å². The molecule has 1 aliphatic rings. The van der Waals surface area contributed by atoms with Crippen LogP contribution < -0.4 is 11.1 Å². The van der Waals surface area contributed by atoms with Crippen LogP contribution in [-0.4, -0.2) is 43.8 Å². The number of benzene rings is 1. The molecule has 0 unspecified atom stereocenters. The van der Waals surface area contributed by atoms with Crippen molar-refractivity contribution in [1.29, 1.82) is 0 Å². The van der Waals surface area contributed by atoms with Crippen molar-refractivity contribution in [3.63, 3.8) is 0 Å². The van der Waals surface area contributed by atoms with Crippen molar-refractivity contribution < 1.29 is 4.79 Å². The molecule has 0 aliphatic carbocycles. The van der Waals surface area contributed by atoms with E-state index in [2.05, 4.69) is 34.4 Å².